The van der Waals surface area contributed by atoms with Crippen molar-refractivity contribution < 1.29 is 9.18 Å². The summed E-state index contributed by atoms with van der Waals surface area (Å²) in [5.41, 5.74) is 2.45. The van der Waals surface area contributed by atoms with Crippen LogP contribution in [0.2, 0.25) is 0 Å². The van der Waals surface area contributed by atoms with Crippen molar-refractivity contribution in [2.45, 2.75) is 63.4 Å². The Kier molecular flexibility index (Phi) is 7.52. The Hall–Kier alpha value is -3.27. The molecular weight excluding hydrogens is 503 g/mol. The highest BCUT2D eigenvalue weighted by Crippen LogP contribution is 2.34. The predicted octanol–water partition coefficient (Wildman–Crippen LogP) is 4.48. The summed E-state index contributed by atoms with van der Waals surface area (Å²) in [6, 6.07) is 3.30. The molecule has 5 heterocycles. The number of rotatable bonds is 3. The van der Waals surface area contributed by atoms with E-state index >= 15 is 4.39 Å². The van der Waals surface area contributed by atoms with E-state index in [1.807, 2.05) is 31.7 Å². The van der Waals surface area contributed by atoms with Crippen molar-refractivity contribution in [3.8, 4) is 5.69 Å². The summed E-state index contributed by atoms with van der Waals surface area (Å²) in [5.74, 6) is 0.659. The summed E-state index contributed by atoms with van der Waals surface area (Å²) < 4.78 is 17.0. The standard InChI is InChI=1S/C28H33FN6O2S/c1-5-22(36)33-12-13-34(18(4)16-33)25-20-15-21(29)27-31-26(20)35(28(37)32-25)24-19(9-7-6-8-14-38-27)10-11-30-23(24)17(2)3/h5,10-11,15,17-18H,1,6-9,12-14,16H2,2-4H3/t18-/m0/s1. The molecule has 0 N–H and O–H groups in total. The maximum atomic E-state index is 15.4. The highest BCUT2D eigenvalue weighted by Gasteiger charge is 2.30. The molecule has 2 aliphatic rings. The van der Waals surface area contributed by atoms with Gasteiger partial charge in [-0.15, -0.1) is 11.8 Å². The first-order valence-corrected chi connectivity index (χ1v) is 14.2. The van der Waals surface area contributed by atoms with Gasteiger partial charge in [0.05, 0.1) is 16.8 Å². The second-order valence-electron chi connectivity index (χ2n) is 10.2. The number of nitrogens with zero attached hydrogens (tertiary/aromatic N) is 6. The minimum absolute atomic E-state index is 0.0595. The van der Waals surface area contributed by atoms with Crippen LogP contribution in [0.25, 0.3) is 16.7 Å². The van der Waals surface area contributed by atoms with Gasteiger partial charge in [-0.05, 0) is 61.6 Å². The molecule has 200 valence electrons. The Balaban J connectivity index is 1.76. The number of carbonyl (C=O) groups excluding carboxylic acids is 1. The number of hydrogen-bond donors (Lipinski definition) is 0. The van der Waals surface area contributed by atoms with Gasteiger partial charge in [0.25, 0.3) is 0 Å². The lowest BCUT2D eigenvalue weighted by molar-refractivity contribution is -0.126. The molecule has 5 rings (SSSR count). The molecule has 3 aromatic rings. The fourth-order valence-electron chi connectivity index (χ4n) is 5.37. The van der Waals surface area contributed by atoms with E-state index in [9.17, 15) is 9.59 Å². The van der Waals surface area contributed by atoms with E-state index in [4.69, 9.17) is 4.98 Å². The maximum Gasteiger partial charge on any atom is 0.355 e. The summed E-state index contributed by atoms with van der Waals surface area (Å²) >= 11 is 1.39. The number of halogens is 1. The first-order chi connectivity index (χ1) is 18.3. The van der Waals surface area contributed by atoms with Crippen molar-refractivity contribution in [2.24, 2.45) is 0 Å². The molecule has 10 heteroatoms. The zero-order valence-electron chi connectivity index (χ0n) is 22.1. The van der Waals surface area contributed by atoms with E-state index < -0.39 is 11.5 Å². The van der Waals surface area contributed by atoms with Gasteiger partial charge in [-0.25, -0.2) is 18.7 Å². The van der Waals surface area contributed by atoms with Crippen molar-refractivity contribution in [2.75, 3.05) is 30.3 Å². The van der Waals surface area contributed by atoms with E-state index in [0.29, 0.717) is 42.2 Å². The molecule has 0 aromatic carbocycles. The van der Waals surface area contributed by atoms with E-state index in [2.05, 4.69) is 16.5 Å². The zero-order chi connectivity index (χ0) is 27.0. The van der Waals surface area contributed by atoms with Gasteiger partial charge in [-0.1, -0.05) is 26.8 Å². The SMILES string of the molecule is C=CC(=O)N1CCN(c2nc(=O)n3c4nc(c(F)cc24)SCCCCCc2ccnc(C(C)C)c2-3)[C@@H](C)C1. The van der Waals surface area contributed by atoms with Crippen LogP contribution in [0, 0.1) is 5.82 Å². The molecule has 0 aliphatic carbocycles. The molecule has 2 aliphatic heterocycles. The Labute approximate surface area is 226 Å². The Morgan fingerprint density at radius 3 is 2.79 bits per heavy atom. The summed E-state index contributed by atoms with van der Waals surface area (Å²) in [4.78, 5) is 43.8. The maximum absolute atomic E-state index is 15.4. The van der Waals surface area contributed by atoms with Crippen LogP contribution in [0.1, 0.15) is 57.2 Å². The third-order valence-corrected chi connectivity index (χ3v) is 8.34. The van der Waals surface area contributed by atoms with Crippen molar-refractivity contribution >= 4 is 34.5 Å². The van der Waals surface area contributed by atoms with Crippen LogP contribution in [-0.2, 0) is 11.2 Å². The van der Waals surface area contributed by atoms with Gasteiger partial charge in [0.1, 0.15) is 10.8 Å². The Morgan fingerprint density at radius 2 is 2.05 bits per heavy atom. The van der Waals surface area contributed by atoms with Gasteiger partial charge < -0.3 is 9.80 Å². The Bertz CT molecular complexity index is 1460. The predicted molar refractivity (Wildman–Crippen MR) is 149 cm³/mol. The highest BCUT2D eigenvalue weighted by molar-refractivity contribution is 7.99. The minimum Gasteiger partial charge on any atom is -0.350 e. The lowest BCUT2D eigenvalue weighted by atomic mass is 10.00. The third-order valence-electron chi connectivity index (χ3n) is 7.29. The number of hydrogen-bond acceptors (Lipinski definition) is 7. The van der Waals surface area contributed by atoms with Gasteiger partial charge in [-0.3, -0.25) is 9.78 Å². The molecule has 1 atom stereocenters. The Morgan fingerprint density at radius 1 is 1.24 bits per heavy atom. The van der Waals surface area contributed by atoms with Crippen LogP contribution in [0.15, 0.2) is 40.8 Å². The first kappa shape index (κ1) is 26.3. The number of fused-ring (bicyclic) bond motifs is 3. The molecule has 8 nitrogen and oxygen atoms in total. The van der Waals surface area contributed by atoms with Crippen LogP contribution in [0.3, 0.4) is 0 Å². The number of aromatic nitrogens is 4. The normalized spacial score (nSPS) is 18.3. The smallest absolute Gasteiger partial charge is 0.350 e. The van der Waals surface area contributed by atoms with E-state index in [-0.39, 0.29) is 22.9 Å². The van der Waals surface area contributed by atoms with Gasteiger partial charge in [0, 0.05) is 31.9 Å². The molecule has 2 bridgehead atoms. The number of carbonyl (C=O) groups is 1. The number of aryl methyl sites for hydroxylation is 1. The molecule has 0 radical (unpaired) electrons. The van der Waals surface area contributed by atoms with Crippen molar-refractivity contribution in [1.29, 1.82) is 0 Å². The van der Waals surface area contributed by atoms with Crippen molar-refractivity contribution in [3.05, 3.63) is 58.5 Å². The zero-order valence-corrected chi connectivity index (χ0v) is 22.9. The third kappa shape index (κ3) is 4.81. The van der Waals surface area contributed by atoms with Crippen LogP contribution in [-0.4, -0.2) is 61.8 Å². The van der Waals surface area contributed by atoms with Crippen molar-refractivity contribution in [1.82, 2.24) is 24.4 Å². The molecule has 1 amide bonds. The molecule has 38 heavy (non-hydrogen) atoms. The molecule has 0 spiro atoms. The second-order valence-corrected chi connectivity index (χ2v) is 11.3. The number of thioether (sulfide) groups is 1. The van der Waals surface area contributed by atoms with Gasteiger partial charge in [-0.2, -0.15) is 4.98 Å². The van der Waals surface area contributed by atoms with Crippen molar-refractivity contribution in [3.63, 3.8) is 0 Å². The van der Waals surface area contributed by atoms with Crippen LogP contribution in [0.5, 0.6) is 0 Å². The average molecular weight is 537 g/mol. The summed E-state index contributed by atoms with van der Waals surface area (Å²) in [6.45, 7) is 11.0. The highest BCUT2D eigenvalue weighted by atomic mass is 32.2. The number of piperazine rings is 1. The van der Waals surface area contributed by atoms with Gasteiger partial charge in [0.2, 0.25) is 5.91 Å². The quantitative estimate of drug-likeness (QED) is 0.457. The molecule has 0 unspecified atom stereocenters. The number of anilines is 1. The van der Waals surface area contributed by atoms with Gasteiger partial charge >= 0.3 is 5.69 Å². The molecule has 1 fully saturated rings. The summed E-state index contributed by atoms with van der Waals surface area (Å²) in [7, 11) is 0. The second kappa shape index (κ2) is 10.8. The molecule has 1 saturated heterocycles. The molecule has 0 saturated carbocycles. The van der Waals surface area contributed by atoms with E-state index in [1.54, 1.807) is 15.7 Å². The van der Waals surface area contributed by atoms with Crippen LogP contribution < -0.4 is 10.6 Å². The van der Waals surface area contributed by atoms with Crippen LogP contribution in [0.4, 0.5) is 10.2 Å². The number of amides is 1. The topological polar surface area (TPSA) is 84.2 Å². The van der Waals surface area contributed by atoms with Crippen LogP contribution >= 0.6 is 11.8 Å². The first-order valence-electron chi connectivity index (χ1n) is 13.2. The molecule has 3 aromatic heterocycles. The summed E-state index contributed by atoms with van der Waals surface area (Å²) in [5, 5.41) is 0.762. The minimum atomic E-state index is -0.465. The average Bonchev–Trinajstić information content (AvgIpc) is 2.89. The largest absolute Gasteiger partial charge is 0.355 e. The summed E-state index contributed by atoms with van der Waals surface area (Å²) in [6.07, 6.45) is 6.85. The fraction of sp³-hybridized carbons (Fsp3) is 0.464. The lowest BCUT2D eigenvalue weighted by Gasteiger charge is -2.40. The van der Waals surface area contributed by atoms with E-state index in [0.717, 1.165) is 42.7 Å². The lowest BCUT2D eigenvalue weighted by Crippen LogP contribution is -2.54. The van der Waals surface area contributed by atoms with Gasteiger partial charge in [0.15, 0.2) is 11.5 Å². The monoisotopic (exact) mass is 536 g/mol. The fourth-order valence-corrected chi connectivity index (χ4v) is 6.26. The molecular formula is C28H33FN6O2S. The number of pyridine rings is 2. The van der Waals surface area contributed by atoms with E-state index in [1.165, 1.54) is 23.9 Å².